The van der Waals surface area contributed by atoms with E-state index in [0.29, 0.717) is 9.23 Å². The maximum Gasteiger partial charge on any atom is 0.265 e. The van der Waals surface area contributed by atoms with Crippen molar-refractivity contribution < 1.29 is 9.53 Å². The summed E-state index contributed by atoms with van der Waals surface area (Å²) < 4.78 is 6.48. The summed E-state index contributed by atoms with van der Waals surface area (Å²) in [7, 11) is 3.66. The summed E-state index contributed by atoms with van der Waals surface area (Å²) in [6.07, 6.45) is 7.34. The van der Waals surface area contributed by atoms with E-state index >= 15 is 0 Å². The van der Waals surface area contributed by atoms with Gasteiger partial charge in [0.2, 0.25) is 0 Å². The van der Waals surface area contributed by atoms with Crippen molar-refractivity contribution in [2.75, 3.05) is 19.0 Å². The second-order valence-corrected chi connectivity index (χ2v) is 7.39. The number of allylic oxidation sites excluding steroid dienone is 4. The molecule has 0 bridgehead atoms. The molecule has 6 heteroatoms. The molecule has 4 nitrogen and oxygen atoms in total. The molecule has 0 spiro atoms. The van der Waals surface area contributed by atoms with E-state index in [0.717, 1.165) is 17.3 Å². The Morgan fingerprint density at radius 3 is 2.42 bits per heavy atom. The first-order chi connectivity index (χ1) is 11.4. The molecule has 124 valence electrons. The maximum atomic E-state index is 11.9. The quantitative estimate of drug-likeness (QED) is 0.591. The van der Waals surface area contributed by atoms with Gasteiger partial charge in [0.05, 0.1) is 10.6 Å². The molecular formula is C18H18N2O2S2. The van der Waals surface area contributed by atoms with Gasteiger partial charge >= 0.3 is 0 Å². The van der Waals surface area contributed by atoms with E-state index in [9.17, 15) is 4.79 Å². The average molecular weight is 358 g/mol. The van der Waals surface area contributed by atoms with E-state index in [2.05, 4.69) is 26.0 Å². The SMILES string of the molecule is Cc1cc2c(cc1C)N(C)C(=CC=CC=C1SC(=S)N(C)C1=O)O2. The Morgan fingerprint density at radius 2 is 1.75 bits per heavy atom. The van der Waals surface area contributed by atoms with E-state index in [1.54, 1.807) is 13.1 Å². The summed E-state index contributed by atoms with van der Waals surface area (Å²) in [6, 6.07) is 4.18. The molecule has 0 unspecified atom stereocenters. The summed E-state index contributed by atoms with van der Waals surface area (Å²) in [6.45, 7) is 4.17. The lowest BCUT2D eigenvalue weighted by atomic mass is 10.1. The number of thiocarbonyl (C=S) groups is 1. The number of fused-ring (bicyclic) bond motifs is 1. The zero-order valence-electron chi connectivity index (χ0n) is 14.0. The summed E-state index contributed by atoms with van der Waals surface area (Å²) >= 11 is 6.42. The molecule has 0 radical (unpaired) electrons. The molecule has 0 saturated carbocycles. The molecule has 2 heterocycles. The Morgan fingerprint density at radius 1 is 1.08 bits per heavy atom. The van der Waals surface area contributed by atoms with Crippen molar-refractivity contribution in [3.8, 4) is 5.75 Å². The van der Waals surface area contributed by atoms with Crippen molar-refractivity contribution in [3.63, 3.8) is 0 Å². The zero-order chi connectivity index (χ0) is 17.4. The van der Waals surface area contributed by atoms with Crippen molar-refractivity contribution in [1.29, 1.82) is 0 Å². The molecule has 2 aliphatic rings. The third kappa shape index (κ3) is 2.99. The van der Waals surface area contributed by atoms with Crippen LogP contribution in [0.25, 0.3) is 0 Å². The highest BCUT2D eigenvalue weighted by atomic mass is 32.2. The normalized spacial score (nSPS) is 20.7. The number of ether oxygens (including phenoxy) is 1. The highest BCUT2D eigenvalue weighted by Gasteiger charge is 2.28. The third-order valence-electron chi connectivity index (χ3n) is 4.07. The first-order valence-corrected chi connectivity index (χ1v) is 8.72. The Labute approximate surface area is 151 Å². The number of amides is 1. The van der Waals surface area contributed by atoms with Crippen LogP contribution in [0, 0.1) is 13.8 Å². The van der Waals surface area contributed by atoms with Gasteiger partial charge < -0.3 is 9.64 Å². The van der Waals surface area contributed by atoms with Gasteiger partial charge in [-0.2, -0.15) is 0 Å². The lowest BCUT2D eigenvalue weighted by molar-refractivity contribution is -0.121. The summed E-state index contributed by atoms with van der Waals surface area (Å²) in [5.41, 5.74) is 3.51. The lowest BCUT2D eigenvalue weighted by Gasteiger charge is -2.10. The summed E-state index contributed by atoms with van der Waals surface area (Å²) in [4.78, 5) is 16.0. The Balaban J connectivity index is 1.75. The standard InChI is InChI=1S/C18H18N2O2S2/c1-11-9-13-14(10-12(11)2)22-16(19(13)3)8-6-5-7-15-17(21)20(4)18(23)24-15/h5-10H,1-4H3. The van der Waals surface area contributed by atoms with Gasteiger partial charge in [-0.05, 0) is 49.3 Å². The first-order valence-electron chi connectivity index (χ1n) is 7.50. The highest BCUT2D eigenvalue weighted by Crippen LogP contribution is 2.39. The number of thioether (sulfide) groups is 1. The second-order valence-electron chi connectivity index (χ2n) is 5.72. The Bertz CT molecular complexity index is 825. The molecule has 0 N–H and O–H groups in total. The van der Waals surface area contributed by atoms with Crippen LogP contribution in [0.15, 0.2) is 47.2 Å². The Kier molecular flexibility index (Phi) is 4.51. The van der Waals surface area contributed by atoms with Gasteiger partial charge in [0.1, 0.15) is 4.32 Å². The molecule has 1 aromatic carbocycles. The molecule has 0 aromatic heterocycles. The predicted octanol–water partition coefficient (Wildman–Crippen LogP) is 3.90. The molecule has 0 aliphatic carbocycles. The fraction of sp³-hybridized carbons (Fsp3) is 0.222. The molecule has 1 amide bonds. The minimum atomic E-state index is -0.0603. The van der Waals surface area contributed by atoms with Crippen molar-refractivity contribution in [3.05, 3.63) is 58.4 Å². The topological polar surface area (TPSA) is 32.8 Å². The molecule has 2 aliphatic heterocycles. The van der Waals surface area contributed by atoms with Gasteiger partial charge in [-0.15, -0.1) is 0 Å². The average Bonchev–Trinajstić information content (AvgIpc) is 2.97. The minimum Gasteiger partial charge on any atom is -0.439 e. The van der Waals surface area contributed by atoms with E-state index < -0.39 is 0 Å². The number of likely N-dealkylation sites (N-methyl/N-ethyl adjacent to an activating group) is 1. The fourth-order valence-corrected chi connectivity index (χ4v) is 3.54. The monoisotopic (exact) mass is 358 g/mol. The van der Waals surface area contributed by atoms with Gasteiger partial charge in [-0.3, -0.25) is 9.69 Å². The van der Waals surface area contributed by atoms with Crippen LogP contribution in [0.1, 0.15) is 11.1 Å². The first kappa shape index (κ1) is 16.8. The number of aryl methyl sites for hydroxylation is 2. The summed E-state index contributed by atoms with van der Waals surface area (Å²) in [5, 5.41) is 0. The van der Waals surface area contributed by atoms with Gasteiger partial charge in [-0.1, -0.05) is 36.1 Å². The smallest absolute Gasteiger partial charge is 0.265 e. The largest absolute Gasteiger partial charge is 0.439 e. The highest BCUT2D eigenvalue weighted by molar-refractivity contribution is 8.26. The molecule has 3 rings (SSSR count). The van der Waals surface area contributed by atoms with E-state index in [1.807, 2.05) is 30.2 Å². The Hall–Kier alpha value is -2.05. The molecule has 1 fully saturated rings. The van der Waals surface area contributed by atoms with Gasteiger partial charge in [0.15, 0.2) is 11.6 Å². The molecule has 0 atom stereocenters. The maximum absolute atomic E-state index is 11.9. The van der Waals surface area contributed by atoms with Crippen molar-refractivity contribution in [2.24, 2.45) is 0 Å². The van der Waals surface area contributed by atoms with Gasteiger partial charge in [0, 0.05) is 14.1 Å². The van der Waals surface area contributed by atoms with Crippen molar-refractivity contribution in [2.45, 2.75) is 13.8 Å². The number of carbonyl (C=O) groups excluding carboxylic acids is 1. The van der Waals surface area contributed by atoms with Crippen molar-refractivity contribution >= 4 is 39.9 Å². The molecule has 24 heavy (non-hydrogen) atoms. The van der Waals surface area contributed by atoms with Crippen LogP contribution in [0.4, 0.5) is 5.69 Å². The van der Waals surface area contributed by atoms with Crippen molar-refractivity contribution in [1.82, 2.24) is 4.90 Å². The van der Waals surface area contributed by atoms with Crippen LogP contribution in [0.2, 0.25) is 0 Å². The van der Waals surface area contributed by atoms with Crippen LogP contribution in [-0.4, -0.2) is 29.2 Å². The van der Waals surface area contributed by atoms with E-state index in [-0.39, 0.29) is 5.91 Å². The molecule has 1 saturated heterocycles. The van der Waals surface area contributed by atoms with Gasteiger partial charge in [0.25, 0.3) is 5.91 Å². The number of hydrogen-bond acceptors (Lipinski definition) is 5. The number of carbonyl (C=O) groups is 1. The number of hydrogen-bond donors (Lipinski definition) is 0. The molecule has 1 aromatic rings. The number of rotatable bonds is 2. The minimum absolute atomic E-state index is 0.0603. The van der Waals surface area contributed by atoms with Crippen LogP contribution in [-0.2, 0) is 4.79 Å². The number of nitrogens with zero attached hydrogens (tertiary/aromatic N) is 2. The number of benzene rings is 1. The van der Waals surface area contributed by atoms with Crippen LogP contribution in [0.3, 0.4) is 0 Å². The van der Waals surface area contributed by atoms with E-state index in [1.165, 1.54) is 27.8 Å². The molecular weight excluding hydrogens is 340 g/mol. The second kappa shape index (κ2) is 6.45. The third-order valence-corrected chi connectivity index (χ3v) is 5.57. The predicted molar refractivity (Wildman–Crippen MR) is 103 cm³/mol. The number of anilines is 1. The van der Waals surface area contributed by atoms with Gasteiger partial charge in [-0.25, -0.2) is 0 Å². The van der Waals surface area contributed by atoms with Crippen LogP contribution in [0.5, 0.6) is 5.75 Å². The van der Waals surface area contributed by atoms with Crippen LogP contribution >= 0.6 is 24.0 Å². The lowest BCUT2D eigenvalue weighted by Crippen LogP contribution is -2.22. The zero-order valence-corrected chi connectivity index (χ0v) is 15.6. The fourth-order valence-electron chi connectivity index (χ4n) is 2.40. The van der Waals surface area contributed by atoms with E-state index in [4.69, 9.17) is 17.0 Å². The summed E-state index contributed by atoms with van der Waals surface area (Å²) in [5.74, 6) is 1.56. The van der Waals surface area contributed by atoms with Crippen LogP contribution < -0.4 is 9.64 Å².